The zero-order chi connectivity index (χ0) is 6.36. The van der Waals surface area contributed by atoms with Gasteiger partial charge in [0.2, 0.25) is 0 Å². The van der Waals surface area contributed by atoms with E-state index in [4.69, 9.17) is 0 Å². The molecule has 0 amide bonds. The first-order valence-corrected chi connectivity index (χ1v) is 3.30. The third-order valence-electron chi connectivity index (χ3n) is 1.20. The first kappa shape index (κ1) is 6.34. The summed E-state index contributed by atoms with van der Waals surface area (Å²) in [5, 5.41) is 0. The quantitative estimate of drug-likeness (QED) is 0.460. The van der Waals surface area contributed by atoms with Crippen LogP contribution in [-0.4, -0.2) is 0 Å². The Morgan fingerprint density at radius 2 is 1.33 bits per heavy atom. The summed E-state index contributed by atoms with van der Waals surface area (Å²) in [5.41, 5.74) is 0. The summed E-state index contributed by atoms with van der Waals surface area (Å²) in [7, 11) is 0. The second kappa shape index (κ2) is 4.13. The fourth-order valence-corrected chi connectivity index (χ4v) is 0.725. The number of allylic oxidation sites excluding steroid dienone is 6. The van der Waals surface area contributed by atoms with Gasteiger partial charge < -0.3 is 0 Å². The smallest absolute Gasteiger partial charge is 0.0133 e. The molecule has 1 radical (unpaired) electrons. The molecule has 0 spiro atoms. The molecule has 0 unspecified atom stereocenters. The van der Waals surface area contributed by atoms with Crippen LogP contribution >= 0.6 is 0 Å². The van der Waals surface area contributed by atoms with E-state index >= 15 is 0 Å². The Labute approximate surface area is 56.6 Å². The van der Waals surface area contributed by atoms with Crippen LogP contribution in [0.15, 0.2) is 36.5 Å². The van der Waals surface area contributed by atoms with Crippen molar-refractivity contribution in [2.75, 3.05) is 0 Å². The Morgan fingerprint density at radius 1 is 0.667 bits per heavy atom. The molecular formula is C9H11. The van der Waals surface area contributed by atoms with Crippen LogP contribution in [0.2, 0.25) is 0 Å². The minimum atomic E-state index is 1.06. The number of hydrogen-bond donors (Lipinski definition) is 0. The molecule has 0 aromatic rings. The predicted octanol–water partition coefficient (Wildman–Crippen LogP) is 2.65. The van der Waals surface area contributed by atoms with Crippen molar-refractivity contribution in [2.24, 2.45) is 0 Å². The average Bonchev–Trinajstić information content (AvgIpc) is 2.00. The van der Waals surface area contributed by atoms with E-state index in [1.54, 1.807) is 0 Å². The highest BCUT2D eigenvalue weighted by molar-refractivity contribution is 5.11. The Hall–Kier alpha value is -0.780. The van der Waals surface area contributed by atoms with Crippen LogP contribution in [0.5, 0.6) is 0 Å². The number of rotatable bonds is 0. The molecule has 0 bridgehead atoms. The summed E-state index contributed by atoms with van der Waals surface area (Å²) in [5.74, 6) is 0. The van der Waals surface area contributed by atoms with Crippen LogP contribution in [-0.2, 0) is 0 Å². The van der Waals surface area contributed by atoms with Gasteiger partial charge in [0.25, 0.3) is 0 Å². The van der Waals surface area contributed by atoms with E-state index in [0.717, 1.165) is 12.8 Å². The molecule has 0 heteroatoms. The van der Waals surface area contributed by atoms with Gasteiger partial charge >= 0.3 is 0 Å². The lowest BCUT2D eigenvalue weighted by Crippen LogP contribution is -1.62. The summed E-state index contributed by atoms with van der Waals surface area (Å²) in [6, 6.07) is 0. The summed E-state index contributed by atoms with van der Waals surface area (Å²) < 4.78 is 0. The highest BCUT2D eigenvalue weighted by atomic mass is 13.8. The largest absolute Gasteiger partial charge is 0.0844 e. The summed E-state index contributed by atoms with van der Waals surface area (Å²) >= 11 is 0. The zero-order valence-electron chi connectivity index (χ0n) is 5.46. The average molecular weight is 119 g/mol. The van der Waals surface area contributed by atoms with Crippen molar-refractivity contribution >= 4 is 0 Å². The van der Waals surface area contributed by atoms with E-state index < -0.39 is 0 Å². The van der Waals surface area contributed by atoms with Crippen LogP contribution in [0.1, 0.15) is 12.8 Å². The molecular weight excluding hydrogens is 108 g/mol. The van der Waals surface area contributed by atoms with Gasteiger partial charge in [-0.1, -0.05) is 36.5 Å². The van der Waals surface area contributed by atoms with Crippen molar-refractivity contribution in [3.63, 3.8) is 0 Å². The van der Waals surface area contributed by atoms with Crippen LogP contribution in [0.4, 0.5) is 0 Å². The van der Waals surface area contributed by atoms with Gasteiger partial charge in [-0.05, 0) is 19.3 Å². The van der Waals surface area contributed by atoms with Crippen molar-refractivity contribution in [3.8, 4) is 0 Å². The fraction of sp³-hybridized carbons (Fsp3) is 0.222. The maximum Gasteiger partial charge on any atom is -0.0133 e. The highest BCUT2D eigenvalue weighted by Gasteiger charge is 1.78. The second-order valence-electron chi connectivity index (χ2n) is 1.99. The van der Waals surface area contributed by atoms with Gasteiger partial charge in [-0.25, -0.2) is 0 Å². The lowest BCUT2D eigenvalue weighted by atomic mass is 10.3. The van der Waals surface area contributed by atoms with E-state index in [0.29, 0.717) is 0 Å². The third-order valence-corrected chi connectivity index (χ3v) is 1.20. The SMILES string of the molecule is [CH]1/C=C\C/C=C\C=C/C1. The van der Waals surface area contributed by atoms with E-state index in [1.165, 1.54) is 0 Å². The standard InChI is InChI=1S/C9H11/c1-2-4-6-8-9-7-5-3-1/h1-4,7-9H,5-6H2/b3-1-,4-2-,9-7-. The van der Waals surface area contributed by atoms with Crippen LogP contribution in [0.3, 0.4) is 0 Å². The van der Waals surface area contributed by atoms with Crippen LogP contribution in [0.25, 0.3) is 0 Å². The van der Waals surface area contributed by atoms with Crippen molar-refractivity contribution in [1.29, 1.82) is 0 Å². The van der Waals surface area contributed by atoms with Crippen molar-refractivity contribution in [3.05, 3.63) is 42.9 Å². The predicted molar refractivity (Wildman–Crippen MR) is 41.0 cm³/mol. The molecule has 0 atom stereocenters. The van der Waals surface area contributed by atoms with Gasteiger partial charge in [0.15, 0.2) is 0 Å². The van der Waals surface area contributed by atoms with Gasteiger partial charge in [-0.3, -0.25) is 0 Å². The van der Waals surface area contributed by atoms with Gasteiger partial charge in [0.05, 0.1) is 0 Å². The maximum absolute atomic E-state index is 2.16. The molecule has 0 N–H and O–H groups in total. The lowest BCUT2D eigenvalue weighted by Gasteiger charge is -1.80. The molecule has 9 heavy (non-hydrogen) atoms. The molecule has 0 aromatic heterocycles. The molecule has 1 aliphatic rings. The fourth-order valence-electron chi connectivity index (χ4n) is 0.725. The molecule has 0 aliphatic heterocycles. The highest BCUT2D eigenvalue weighted by Crippen LogP contribution is 1.97. The second-order valence-corrected chi connectivity index (χ2v) is 1.99. The lowest BCUT2D eigenvalue weighted by molar-refractivity contribution is 1.28. The van der Waals surface area contributed by atoms with Crippen LogP contribution < -0.4 is 0 Å². The molecule has 0 heterocycles. The van der Waals surface area contributed by atoms with Gasteiger partial charge in [0, 0.05) is 0 Å². The Kier molecular flexibility index (Phi) is 2.91. The first-order valence-electron chi connectivity index (χ1n) is 3.30. The summed E-state index contributed by atoms with van der Waals surface area (Å²) in [6.45, 7) is 0. The molecule has 1 aliphatic carbocycles. The van der Waals surface area contributed by atoms with E-state index in [-0.39, 0.29) is 0 Å². The minimum Gasteiger partial charge on any atom is -0.0844 e. The Balaban J connectivity index is 2.43. The molecule has 0 aromatic carbocycles. The minimum absolute atomic E-state index is 1.06. The van der Waals surface area contributed by atoms with Crippen molar-refractivity contribution in [2.45, 2.75) is 12.8 Å². The van der Waals surface area contributed by atoms with E-state index in [9.17, 15) is 0 Å². The van der Waals surface area contributed by atoms with E-state index in [2.05, 4.69) is 42.9 Å². The monoisotopic (exact) mass is 119 g/mol. The molecule has 0 saturated carbocycles. The molecule has 47 valence electrons. The molecule has 1 rings (SSSR count). The topological polar surface area (TPSA) is 0 Å². The normalized spacial score (nSPS) is 29.3. The Bertz CT molecular complexity index is 138. The van der Waals surface area contributed by atoms with Crippen LogP contribution in [0, 0.1) is 6.42 Å². The Morgan fingerprint density at radius 3 is 2.22 bits per heavy atom. The maximum atomic E-state index is 2.16. The van der Waals surface area contributed by atoms with Gasteiger partial charge in [-0.15, -0.1) is 0 Å². The number of hydrogen-bond acceptors (Lipinski definition) is 0. The molecule has 0 nitrogen and oxygen atoms in total. The zero-order valence-corrected chi connectivity index (χ0v) is 5.46. The third kappa shape index (κ3) is 2.91. The van der Waals surface area contributed by atoms with Crippen molar-refractivity contribution in [1.82, 2.24) is 0 Å². The first-order chi connectivity index (χ1) is 4.50. The molecule has 0 fully saturated rings. The summed E-state index contributed by atoms with van der Waals surface area (Å²) in [4.78, 5) is 0. The van der Waals surface area contributed by atoms with E-state index in [1.807, 2.05) is 0 Å². The van der Waals surface area contributed by atoms with Gasteiger partial charge in [-0.2, -0.15) is 0 Å². The van der Waals surface area contributed by atoms with Crippen molar-refractivity contribution < 1.29 is 0 Å². The van der Waals surface area contributed by atoms with Gasteiger partial charge in [0.1, 0.15) is 0 Å². The summed E-state index contributed by atoms with van der Waals surface area (Å²) in [6.07, 6.45) is 17.0. The molecule has 0 saturated heterocycles.